The summed E-state index contributed by atoms with van der Waals surface area (Å²) >= 11 is 0. The van der Waals surface area contributed by atoms with E-state index in [-0.39, 0.29) is 16.8 Å². The van der Waals surface area contributed by atoms with Crippen molar-refractivity contribution in [3.8, 4) is 0 Å². The predicted molar refractivity (Wildman–Crippen MR) is 103 cm³/mol. The Labute approximate surface area is 168 Å². The van der Waals surface area contributed by atoms with Crippen LogP contribution >= 0.6 is 0 Å². The van der Waals surface area contributed by atoms with Gasteiger partial charge in [-0.2, -0.15) is 18.3 Å². The number of allylic oxidation sites excluding steroid dienone is 1. The summed E-state index contributed by atoms with van der Waals surface area (Å²) in [6.45, 7) is 1.52. The molecule has 1 aliphatic rings. The minimum atomic E-state index is -4.55. The van der Waals surface area contributed by atoms with Gasteiger partial charge in [-0.25, -0.2) is 4.79 Å². The Balaban J connectivity index is 1.69. The van der Waals surface area contributed by atoms with Crippen LogP contribution in [0.15, 0.2) is 59.9 Å². The highest BCUT2D eigenvalue weighted by molar-refractivity contribution is 6.07. The lowest BCUT2D eigenvalue weighted by atomic mass is 9.93. The number of aromatic nitrogens is 2. The molecule has 2 aromatic carbocycles. The van der Waals surface area contributed by atoms with E-state index in [2.05, 4.69) is 26.1 Å². The van der Waals surface area contributed by atoms with Gasteiger partial charge in [0.05, 0.1) is 28.9 Å². The predicted octanol–water partition coefficient (Wildman–Crippen LogP) is 3.85. The summed E-state index contributed by atoms with van der Waals surface area (Å²) in [6, 6.07) is 8.00. The van der Waals surface area contributed by atoms with E-state index in [0.29, 0.717) is 5.69 Å². The number of rotatable bonds is 3. The number of amides is 3. The molecule has 0 saturated heterocycles. The molecular formula is C20H16F3N5O2. The number of benzene rings is 2. The molecule has 1 aliphatic heterocycles. The topological polar surface area (TPSA) is 98.9 Å². The third-order valence-corrected chi connectivity index (χ3v) is 4.76. The largest absolute Gasteiger partial charge is 0.416 e. The monoisotopic (exact) mass is 415 g/mol. The van der Waals surface area contributed by atoms with Gasteiger partial charge in [0.25, 0.3) is 5.91 Å². The smallest absolute Gasteiger partial charge is 0.327 e. The molecule has 3 amide bonds. The van der Waals surface area contributed by atoms with Crippen molar-refractivity contribution in [3.63, 3.8) is 0 Å². The number of alkyl halides is 3. The van der Waals surface area contributed by atoms with Crippen LogP contribution in [0.4, 0.5) is 23.7 Å². The average Bonchev–Trinajstić information content (AvgIpc) is 3.14. The maximum Gasteiger partial charge on any atom is 0.416 e. The fraction of sp³-hybridized carbons (Fsp3) is 0.150. The Morgan fingerprint density at radius 3 is 2.73 bits per heavy atom. The maximum absolute atomic E-state index is 13.1. The molecule has 0 aliphatic carbocycles. The molecule has 10 heteroatoms. The van der Waals surface area contributed by atoms with E-state index < -0.39 is 29.7 Å². The first-order chi connectivity index (χ1) is 14.2. The molecule has 3 aromatic rings. The van der Waals surface area contributed by atoms with Gasteiger partial charge >= 0.3 is 12.2 Å². The SMILES string of the molecule is CC1=C(C(=O)Nc2ccc3[nH]ncc3c2)C(c2cccc(C(F)(F)F)c2)NC(=O)N1. The first-order valence-corrected chi connectivity index (χ1v) is 8.92. The molecule has 7 nitrogen and oxygen atoms in total. The van der Waals surface area contributed by atoms with Crippen molar-refractivity contribution in [3.05, 3.63) is 71.1 Å². The van der Waals surface area contributed by atoms with Crippen molar-refractivity contribution < 1.29 is 22.8 Å². The molecule has 1 unspecified atom stereocenters. The Kier molecular flexibility index (Phi) is 4.69. The van der Waals surface area contributed by atoms with Gasteiger partial charge in [0.2, 0.25) is 0 Å². The molecule has 0 fully saturated rings. The number of nitrogens with zero attached hydrogens (tertiary/aromatic N) is 1. The van der Waals surface area contributed by atoms with Crippen LogP contribution in [0.2, 0.25) is 0 Å². The third-order valence-electron chi connectivity index (χ3n) is 4.76. The normalized spacial score (nSPS) is 16.9. The first kappa shape index (κ1) is 19.5. The number of hydrogen-bond acceptors (Lipinski definition) is 3. The summed E-state index contributed by atoms with van der Waals surface area (Å²) in [6.07, 6.45) is -2.95. The highest BCUT2D eigenvalue weighted by atomic mass is 19.4. The quantitative estimate of drug-likeness (QED) is 0.523. The first-order valence-electron chi connectivity index (χ1n) is 8.92. The van der Waals surface area contributed by atoms with E-state index in [9.17, 15) is 22.8 Å². The van der Waals surface area contributed by atoms with Crippen molar-refractivity contribution in [1.29, 1.82) is 0 Å². The van der Waals surface area contributed by atoms with E-state index in [0.717, 1.165) is 23.0 Å². The molecule has 0 radical (unpaired) electrons. The second kappa shape index (κ2) is 7.21. The molecule has 0 saturated carbocycles. The summed E-state index contributed by atoms with van der Waals surface area (Å²) in [5, 5.41) is 15.3. The summed E-state index contributed by atoms with van der Waals surface area (Å²) in [7, 11) is 0. The van der Waals surface area contributed by atoms with E-state index >= 15 is 0 Å². The maximum atomic E-state index is 13.1. The molecule has 154 valence electrons. The molecule has 1 atom stereocenters. The number of halogens is 3. The molecule has 0 spiro atoms. The molecule has 2 heterocycles. The van der Waals surface area contributed by atoms with Crippen LogP contribution < -0.4 is 16.0 Å². The summed E-state index contributed by atoms with van der Waals surface area (Å²) in [5.41, 5.74) is 0.917. The van der Waals surface area contributed by atoms with Crippen molar-refractivity contribution in [2.75, 3.05) is 5.32 Å². The van der Waals surface area contributed by atoms with E-state index in [1.54, 1.807) is 24.4 Å². The highest BCUT2D eigenvalue weighted by Crippen LogP contribution is 2.34. The van der Waals surface area contributed by atoms with Gasteiger partial charge in [0.15, 0.2) is 0 Å². The lowest BCUT2D eigenvalue weighted by Gasteiger charge is -2.29. The number of fused-ring (bicyclic) bond motifs is 1. The summed E-state index contributed by atoms with van der Waals surface area (Å²) in [5.74, 6) is -0.551. The zero-order chi connectivity index (χ0) is 21.5. The van der Waals surface area contributed by atoms with Crippen LogP contribution in [0, 0.1) is 0 Å². The second-order valence-corrected chi connectivity index (χ2v) is 6.82. The minimum absolute atomic E-state index is 0.112. The Morgan fingerprint density at radius 1 is 1.17 bits per heavy atom. The average molecular weight is 415 g/mol. The number of urea groups is 1. The molecule has 1 aromatic heterocycles. The standard InChI is InChI=1S/C20H16F3N5O2/c1-10-16(18(29)26-14-5-6-15-12(8-14)9-24-28-15)17(27-19(30)25-10)11-3-2-4-13(7-11)20(21,22)23/h2-9,17H,1H3,(H,24,28)(H,26,29)(H2,25,27,30). The molecule has 0 bridgehead atoms. The molecule has 4 rings (SSSR count). The number of anilines is 1. The number of carbonyl (C=O) groups excluding carboxylic acids is 2. The number of nitrogens with one attached hydrogen (secondary N) is 4. The van der Waals surface area contributed by atoms with Gasteiger partial charge in [-0.3, -0.25) is 9.89 Å². The Morgan fingerprint density at radius 2 is 1.97 bits per heavy atom. The van der Waals surface area contributed by atoms with Gasteiger partial charge < -0.3 is 16.0 Å². The summed E-state index contributed by atoms with van der Waals surface area (Å²) < 4.78 is 39.4. The van der Waals surface area contributed by atoms with Crippen molar-refractivity contribution in [2.24, 2.45) is 0 Å². The number of H-pyrrole nitrogens is 1. The third kappa shape index (κ3) is 3.71. The van der Waals surface area contributed by atoms with Crippen LogP contribution in [0.1, 0.15) is 24.1 Å². The van der Waals surface area contributed by atoms with Crippen LogP contribution in [0.25, 0.3) is 10.9 Å². The summed E-state index contributed by atoms with van der Waals surface area (Å²) in [4.78, 5) is 25.0. The fourth-order valence-electron chi connectivity index (χ4n) is 3.36. The Bertz CT molecular complexity index is 1180. The lowest BCUT2D eigenvalue weighted by Crippen LogP contribution is -2.46. The van der Waals surface area contributed by atoms with Crippen LogP contribution in [0.5, 0.6) is 0 Å². The van der Waals surface area contributed by atoms with Crippen molar-refractivity contribution in [1.82, 2.24) is 20.8 Å². The number of carbonyl (C=O) groups is 2. The van der Waals surface area contributed by atoms with Gasteiger partial charge in [0.1, 0.15) is 0 Å². The van der Waals surface area contributed by atoms with Gasteiger partial charge in [-0.15, -0.1) is 0 Å². The second-order valence-electron chi connectivity index (χ2n) is 6.82. The zero-order valence-electron chi connectivity index (χ0n) is 15.6. The Hall–Kier alpha value is -3.82. The van der Waals surface area contributed by atoms with E-state index in [1.165, 1.54) is 19.1 Å². The van der Waals surface area contributed by atoms with Gasteiger partial charge in [0, 0.05) is 16.8 Å². The van der Waals surface area contributed by atoms with Gasteiger partial charge in [-0.1, -0.05) is 12.1 Å². The highest BCUT2D eigenvalue weighted by Gasteiger charge is 2.34. The number of aromatic amines is 1. The van der Waals surface area contributed by atoms with Gasteiger partial charge in [-0.05, 0) is 42.8 Å². The fourth-order valence-corrected chi connectivity index (χ4v) is 3.36. The lowest BCUT2D eigenvalue weighted by molar-refractivity contribution is -0.137. The zero-order valence-corrected chi connectivity index (χ0v) is 15.6. The van der Waals surface area contributed by atoms with Crippen molar-refractivity contribution >= 4 is 28.5 Å². The minimum Gasteiger partial charge on any atom is -0.327 e. The molecule has 4 N–H and O–H groups in total. The van der Waals surface area contributed by atoms with Crippen LogP contribution in [-0.4, -0.2) is 22.1 Å². The number of hydrogen-bond donors (Lipinski definition) is 4. The molecular weight excluding hydrogens is 399 g/mol. The van der Waals surface area contributed by atoms with Crippen LogP contribution in [0.3, 0.4) is 0 Å². The van der Waals surface area contributed by atoms with Crippen molar-refractivity contribution in [2.45, 2.75) is 19.1 Å². The van der Waals surface area contributed by atoms with E-state index in [4.69, 9.17) is 0 Å². The molecule has 30 heavy (non-hydrogen) atoms. The van der Waals surface area contributed by atoms with Crippen LogP contribution in [-0.2, 0) is 11.0 Å². The van der Waals surface area contributed by atoms with E-state index in [1.807, 2.05) is 0 Å².